The second-order valence-electron chi connectivity index (χ2n) is 5.62. The summed E-state index contributed by atoms with van der Waals surface area (Å²) in [5, 5.41) is 0. The highest BCUT2D eigenvalue weighted by atomic mass is 28.3. The number of rotatable bonds is 3. The standard InChI is InChI=1S/C16H22Si/c1-14(2)11-12-16(13-17(3,4)5)15-9-7-6-8-10-15/h6-10,12-13H,1-5H3/b16-13-. The minimum Gasteiger partial charge on any atom is -0.122 e. The van der Waals surface area contributed by atoms with Crippen LogP contribution in [0.5, 0.6) is 0 Å². The Balaban J connectivity index is 3.23. The van der Waals surface area contributed by atoms with Crippen LogP contribution in [0.25, 0.3) is 5.57 Å². The average molecular weight is 242 g/mol. The molecule has 0 heterocycles. The smallest absolute Gasteiger partial charge is 0.0695 e. The molecule has 0 fully saturated rings. The van der Waals surface area contributed by atoms with Gasteiger partial charge in [-0.25, -0.2) is 0 Å². The van der Waals surface area contributed by atoms with Crippen LogP contribution in [0.3, 0.4) is 0 Å². The summed E-state index contributed by atoms with van der Waals surface area (Å²) in [4.78, 5) is 0. The molecule has 0 spiro atoms. The molecule has 0 N–H and O–H groups in total. The molecular formula is C16H22Si. The largest absolute Gasteiger partial charge is 0.122 e. The number of hydrogen-bond donors (Lipinski definition) is 0. The van der Waals surface area contributed by atoms with E-state index in [9.17, 15) is 0 Å². The lowest BCUT2D eigenvalue weighted by Crippen LogP contribution is -2.16. The van der Waals surface area contributed by atoms with Crippen molar-refractivity contribution in [3.63, 3.8) is 0 Å². The van der Waals surface area contributed by atoms with Crippen LogP contribution in [0.4, 0.5) is 0 Å². The zero-order valence-corrected chi connectivity index (χ0v) is 12.5. The summed E-state index contributed by atoms with van der Waals surface area (Å²) in [6.45, 7) is 11.2. The quantitative estimate of drug-likeness (QED) is 0.394. The van der Waals surface area contributed by atoms with E-state index in [4.69, 9.17) is 0 Å². The summed E-state index contributed by atoms with van der Waals surface area (Å²) in [5.41, 5.74) is 9.53. The summed E-state index contributed by atoms with van der Waals surface area (Å²) in [7, 11) is -1.22. The third-order valence-corrected chi connectivity index (χ3v) is 3.39. The van der Waals surface area contributed by atoms with Crippen molar-refractivity contribution in [3.8, 4) is 0 Å². The van der Waals surface area contributed by atoms with Crippen LogP contribution in [0.2, 0.25) is 19.6 Å². The normalized spacial score (nSPS) is 11.9. The van der Waals surface area contributed by atoms with E-state index in [1.807, 2.05) is 0 Å². The fraction of sp³-hybridized carbons (Fsp3) is 0.312. The topological polar surface area (TPSA) is 0 Å². The van der Waals surface area contributed by atoms with E-state index in [-0.39, 0.29) is 0 Å². The van der Waals surface area contributed by atoms with E-state index in [1.165, 1.54) is 16.7 Å². The number of hydrogen-bond acceptors (Lipinski definition) is 0. The summed E-state index contributed by atoms with van der Waals surface area (Å²) >= 11 is 0. The molecule has 0 atom stereocenters. The first-order chi connectivity index (χ1) is 7.88. The van der Waals surface area contributed by atoms with E-state index in [2.05, 4.69) is 81.3 Å². The monoisotopic (exact) mass is 242 g/mol. The highest BCUT2D eigenvalue weighted by Gasteiger charge is 2.10. The minimum absolute atomic E-state index is 1.21. The van der Waals surface area contributed by atoms with Crippen LogP contribution >= 0.6 is 0 Å². The maximum atomic E-state index is 3.31. The molecule has 0 bridgehead atoms. The van der Waals surface area contributed by atoms with Gasteiger partial charge >= 0.3 is 0 Å². The van der Waals surface area contributed by atoms with Crippen LogP contribution in [0.1, 0.15) is 19.4 Å². The van der Waals surface area contributed by atoms with Crippen molar-refractivity contribution in [1.82, 2.24) is 0 Å². The molecule has 90 valence electrons. The number of benzene rings is 1. The summed E-state index contributed by atoms with van der Waals surface area (Å²) in [6.07, 6.45) is 2.11. The zero-order valence-electron chi connectivity index (χ0n) is 11.5. The van der Waals surface area contributed by atoms with Gasteiger partial charge in [-0.3, -0.25) is 0 Å². The van der Waals surface area contributed by atoms with Gasteiger partial charge in [0.25, 0.3) is 0 Å². The first-order valence-electron chi connectivity index (χ1n) is 6.07. The maximum absolute atomic E-state index is 3.31. The summed E-state index contributed by atoms with van der Waals surface area (Å²) in [6, 6.07) is 10.6. The van der Waals surface area contributed by atoms with Gasteiger partial charge in [-0.1, -0.05) is 55.7 Å². The van der Waals surface area contributed by atoms with Gasteiger partial charge in [-0.15, -0.1) is 5.73 Å². The highest BCUT2D eigenvalue weighted by molar-refractivity contribution is 6.81. The Labute approximate surface area is 106 Å². The third kappa shape index (κ3) is 5.53. The van der Waals surface area contributed by atoms with Crippen molar-refractivity contribution < 1.29 is 0 Å². The van der Waals surface area contributed by atoms with Crippen LogP contribution in [0.15, 0.2) is 53.4 Å². The van der Waals surface area contributed by atoms with Gasteiger partial charge in [0.15, 0.2) is 0 Å². The van der Waals surface area contributed by atoms with Gasteiger partial charge in [0.2, 0.25) is 0 Å². The Morgan fingerprint density at radius 3 is 2.12 bits per heavy atom. The van der Waals surface area contributed by atoms with Gasteiger partial charge in [0.05, 0.1) is 8.07 Å². The summed E-state index contributed by atoms with van der Waals surface area (Å²) in [5.74, 6) is 0. The summed E-state index contributed by atoms with van der Waals surface area (Å²) < 4.78 is 0. The molecule has 0 radical (unpaired) electrons. The molecule has 0 unspecified atom stereocenters. The zero-order chi connectivity index (χ0) is 12.9. The molecule has 0 saturated heterocycles. The molecular weight excluding hydrogens is 220 g/mol. The van der Waals surface area contributed by atoms with Gasteiger partial charge in [0.1, 0.15) is 0 Å². The molecule has 0 aromatic heterocycles. The van der Waals surface area contributed by atoms with Crippen LogP contribution in [0, 0.1) is 0 Å². The van der Waals surface area contributed by atoms with Crippen molar-refractivity contribution in [3.05, 3.63) is 59.0 Å². The van der Waals surface area contributed by atoms with Crippen molar-refractivity contribution >= 4 is 13.6 Å². The Morgan fingerprint density at radius 1 is 1.06 bits per heavy atom. The van der Waals surface area contributed by atoms with E-state index >= 15 is 0 Å². The molecule has 0 aliphatic heterocycles. The van der Waals surface area contributed by atoms with Crippen molar-refractivity contribution in [2.45, 2.75) is 33.5 Å². The van der Waals surface area contributed by atoms with Crippen molar-refractivity contribution in [2.75, 3.05) is 0 Å². The Bertz CT molecular complexity index is 448. The van der Waals surface area contributed by atoms with Crippen LogP contribution in [-0.4, -0.2) is 8.07 Å². The lowest BCUT2D eigenvalue weighted by Gasteiger charge is -2.12. The number of allylic oxidation sites excluding steroid dienone is 2. The molecule has 0 saturated carbocycles. The van der Waals surface area contributed by atoms with Gasteiger partial charge in [-0.2, -0.15) is 0 Å². The molecule has 1 rings (SSSR count). The molecule has 0 aliphatic carbocycles. The molecule has 0 nitrogen and oxygen atoms in total. The van der Waals surface area contributed by atoms with Gasteiger partial charge in [-0.05, 0) is 36.6 Å². The average Bonchev–Trinajstić information content (AvgIpc) is 2.24. The Hall–Kier alpha value is -1.30. The van der Waals surface area contributed by atoms with Gasteiger partial charge in [0, 0.05) is 0 Å². The predicted molar refractivity (Wildman–Crippen MR) is 80.7 cm³/mol. The van der Waals surface area contributed by atoms with Crippen molar-refractivity contribution in [1.29, 1.82) is 0 Å². The van der Waals surface area contributed by atoms with E-state index in [0.29, 0.717) is 0 Å². The third-order valence-electron chi connectivity index (χ3n) is 2.21. The van der Waals surface area contributed by atoms with E-state index in [1.54, 1.807) is 0 Å². The first kappa shape index (κ1) is 13.8. The molecule has 1 aromatic rings. The minimum atomic E-state index is -1.22. The highest BCUT2D eigenvalue weighted by Crippen LogP contribution is 2.19. The fourth-order valence-corrected chi connectivity index (χ4v) is 2.71. The van der Waals surface area contributed by atoms with E-state index < -0.39 is 8.07 Å². The lowest BCUT2D eigenvalue weighted by atomic mass is 10.1. The van der Waals surface area contributed by atoms with Crippen LogP contribution in [-0.2, 0) is 0 Å². The second kappa shape index (κ2) is 5.86. The molecule has 1 heteroatoms. The fourth-order valence-electron chi connectivity index (χ4n) is 1.53. The van der Waals surface area contributed by atoms with Crippen molar-refractivity contribution in [2.24, 2.45) is 0 Å². The van der Waals surface area contributed by atoms with Crippen LogP contribution < -0.4 is 0 Å². The SMILES string of the molecule is CC(C)=C=C/C(=C/[Si](C)(C)C)c1ccccc1. The molecule has 0 amide bonds. The van der Waals surface area contributed by atoms with E-state index in [0.717, 1.165) is 0 Å². The molecule has 0 aliphatic rings. The molecule has 1 aromatic carbocycles. The Morgan fingerprint density at radius 2 is 1.65 bits per heavy atom. The lowest BCUT2D eigenvalue weighted by molar-refractivity contribution is 1.41. The second-order valence-corrected chi connectivity index (χ2v) is 10.6. The Kier molecular flexibility index (Phi) is 4.74. The predicted octanol–water partition coefficient (Wildman–Crippen LogP) is 5.07. The van der Waals surface area contributed by atoms with Gasteiger partial charge < -0.3 is 0 Å². The first-order valence-corrected chi connectivity index (χ1v) is 9.64. The maximum Gasteiger partial charge on any atom is 0.0695 e. The molecule has 17 heavy (non-hydrogen) atoms.